The number of nitrogens with one attached hydrogen (secondary N) is 3. The number of allylic oxidation sites excluding steroid dienone is 2. The second kappa shape index (κ2) is 16.6. The lowest BCUT2D eigenvalue weighted by molar-refractivity contribution is -0.138. The average molecular weight is 671 g/mol. The Morgan fingerprint density at radius 2 is 1.29 bits per heavy atom. The molecule has 0 saturated heterocycles. The van der Waals surface area contributed by atoms with Crippen molar-refractivity contribution in [2.45, 2.75) is 119 Å². The molecule has 0 spiro atoms. The lowest BCUT2D eigenvalue weighted by Crippen LogP contribution is -2.15. The van der Waals surface area contributed by atoms with E-state index in [-0.39, 0.29) is 24.7 Å². The molecule has 0 unspecified atom stereocenters. The second-order valence-corrected chi connectivity index (χ2v) is 13.0. The number of unbranched alkanes of at least 4 members (excludes halogenated alkanes) is 4. The number of carbonyl (C=O) groups is 4. The summed E-state index contributed by atoms with van der Waals surface area (Å²) in [5.74, 6) is -1.86. The van der Waals surface area contributed by atoms with Crippen LogP contribution in [-0.2, 0) is 32.0 Å². The molecule has 2 aromatic rings. The minimum Gasteiger partial charge on any atom is -0.481 e. The Kier molecular flexibility index (Phi) is 12.6. The van der Waals surface area contributed by atoms with E-state index in [1.807, 2.05) is 39.8 Å². The van der Waals surface area contributed by atoms with Crippen LogP contribution in [0.5, 0.6) is 0 Å². The van der Waals surface area contributed by atoms with Crippen LogP contribution in [0.4, 0.5) is 0 Å². The minimum absolute atomic E-state index is 0.0822. The van der Waals surface area contributed by atoms with Gasteiger partial charge in [-0.25, -0.2) is 4.99 Å². The van der Waals surface area contributed by atoms with Gasteiger partial charge in [-0.2, -0.15) is 0 Å². The summed E-state index contributed by atoms with van der Waals surface area (Å²) in [6.45, 7) is 11.9. The highest BCUT2D eigenvalue weighted by Gasteiger charge is 2.24. The molecule has 0 fully saturated rings. The molecule has 49 heavy (non-hydrogen) atoms. The van der Waals surface area contributed by atoms with Crippen molar-refractivity contribution in [1.29, 1.82) is 0 Å². The number of hydrogen-bond acceptors (Lipinski definition) is 4. The van der Waals surface area contributed by atoms with Gasteiger partial charge in [0.05, 0.1) is 5.71 Å². The van der Waals surface area contributed by atoms with E-state index in [4.69, 9.17) is 10.2 Å². The molecule has 2 aliphatic heterocycles. The van der Waals surface area contributed by atoms with Crippen LogP contribution in [0.1, 0.15) is 126 Å². The first kappa shape index (κ1) is 37.1. The van der Waals surface area contributed by atoms with Gasteiger partial charge in [0.1, 0.15) is 0 Å². The molecular weight excluding hydrogens is 620 g/mol. The predicted octanol–water partition coefficient (Wildman–Crippen LogP) is 5.85. The zero-order valence-electron chi connectivity index (χ0n) is 29.7. The number of carboxylic acids is 2. The molecule has 0 radical (unpaired) electrons. The molecule has 0 bridgehead atoms. The van der Waals surface area contributed by atoms with Crippen LogP contribution in [0, 0.1) is 13.8 Å². The number of H-pyrrole nitrogens is 2. The summed E-state index contributed by atoms with van der Waals surface area (Å²) in [7, 11) is 0. The van der Waals surface area contributed by atoms with Gasteiger partial charge in [-0.05, 0) is 131 Å². The zero-order chi connectivity index (χ0) is 35.8. The van der Waals surface area contributed by atoms with Crippen LogP contribution in [0.15, 0.2) is 33.0 Å². The molecule has 0 aromatic carbocycles. The number of rotatable bonds is 17. The third-order valence-electron chi connectivity index (χ3n) is 9.77. The van der Waals surface area contributed by atoms with E-state index in [2.05, 4.69) is 40.2 Å². The minimum atomic E-state index is -0.789. The van der Waals surface area contributed by atoms with Crippen LogP contribution < -0.4 is 16.0 Å². The van der Waals surface area contributed by atoms with E-state index in [1.165, 1.54) is 0 Å². The summed E-state index contributed by atoms with van der Waals surface area (Å²) in [6.07, 6.45) is 13.8. The van der Waals surface area contributed by atoms with E-state index in [1.54, 1.807) is 0 Å². The van der Waals surface area contributed by atoms with E-state index in [0.29, 0.717) is 30.5 Å². The van der Waals surface area contributed by atoms with Crippen LogP contribution in [0.3, 0.4) is 0 Å². The Bertz CT molecular complexity index is 1900. The summed E-state index contributed by atoms with van der Waals surface area (Å²) in [6, 6.07) is 0. The molecule has 2 aliphatic rings. The maximum absolute atomic E-state index is 12.5. The lowest BCUT2D eigenvalue weighted by atomic mass is 9.99. The standard InChI is InChI=1S/C39H50N4O6/c1-7-26-24(5)38(48)42-32(26)19-30-22(3)28(15-11-9-13-17-36(44)45)34(40-30)21-35-29(16-12-10-14-18-37(46)47)23(4)31(41-35)20-33-27(8-2)25(6)39(49)43-33/h19-21,40-41H,7-18H2,1-6H3,(H,42,48)(H,44,45)(H,46,47)/b31-20+,32-19-,35-21-. The number of carboxylic acid groups (broad SMARTS) is 2. The normalized spacial score (nSPS) is 16.5. The molecule has 0 atom stereocenters. The van der Waals surface area contributed by atoms with Gasteiger partial charge in [0.2, 0.25) is 0 Å². The van der Waals surface area contributed by atoms with Crippen molar-refractivity contribution in [3.8, 4) is 0 Å². The molecular formula is C39H50N4O6. The van der Waals surface area contributed by atoms with Crippen LogP contribution in [0.25, 0.3) is 18.2 Å². The molecule has 10 nitrogen and oxygen atoms in total. The maximum atomic E-state index is 12.5. The van der Waals surface area contributed by atoms with Crippen molar-refractivity contribution in [2.75, 3.05) is 0 Å². The lowest BCUT2D eigenvalue weighted by Gasteiger charge is -2.05. The van der Waals surface area contributed by atoms with Gasteiger partial charge in [0, 0.05) is 51.8 Å². The van der Waals surface area contributed by atoms with E-state index in [9.17, 15) is 19.2 Å². The van der Waals surface area contributed by atoms with Gasteiger partial charge in [-0.1, -0.05) is 26.7 Å². The fourth-order valence-corrected chi connectivity index (χ4v) is 6.83. The third-order valence-corrected chi connectivity index (χ3v) is 9.77. The molecule has 4 heterocycles. The van der Waals surface area contributed by atoms with Crippen LogP contribution in [0.2, 0.25) is 0 Å². The van der Waals surface area contributed by atoms with Crippen LogP contribution in [-0.4, -0.2) is 49.6 Å². The Labute approximate surface area is 287 Å². The predicted molar refractivity (Wildman–Crippen MR) is 193 cm³/mol. The van der Waals surface area contributed by atoms with Gasteiger partial charge in [0.15, 0.2) is 0 Å². The number of amides is 2. The van der Waals surface area contributed by atoms with Crippen molar-refractivity contribution >= 4 is 47.7 Å². The van der Waals surface area contributed by atoms with Crippen LogP contribution >= 0.6 is 0 Å². The summed E-state index contributed by atoms with van der Waals surface area (Å²) in [5.41, 5.74) is 11.0. The largest absolute Gasteiger partial charge is 0.481 e. The third kappa shape index (κ3) is 8.85. The molecule has 5 N–H and O–H groups in total. The van der Waals surface area contributed by atoms with E-state index >= 15 is 0 Å². The molecule has 10 heteroatoms. The summed E-state index contributed by atoms with van der Waals surface area (Å²) in [5, 5.41) is 23.0. The van der Waals surface area contributed by atoms with Gasteiger partial charge >= 0.3 is 11.9 Å². The molecule has 0 saturated carbocycles. The number of carbonyl (C=O) groups excluding carboxylic acids is 2. The highest BCUT2D eigenvalue weighted by molar-refractivity contribution is 6.30. The van der Waals surface area contributed by atoms with Crippen molar-refractivity contribution in [1.82, 2.24) is 15.3 Å². The van der Waals surface area contributed by atoms with Gasteiger partial charge in [0.25, 0.3) is 11.8 Å². The first-order chi connectivity index (χ1) is 23.4. The Balaban J connectivity index is 1.82. The quantitative estimate of drug-likeness (QED) is 0.133. The molecule has 4 rings (SSSR count). The molecule has 0 aliphatic carbocycles. The van der Waals surface area contributed by atoms with Crippen molar-refractivity contribution in [3.63, 3.8) is 0 Å². The number of aliphatic imine (C=N–C) groups is 1. The Hall–Kier alpha value is -4.73. The van der Waals surface area contributed by atoms with Crippen molar-refractivity contribution in [2.24, 2.45) is 4.99 Å². The summed E-state index contributed by atoms with van der Waals surface area (Å²) >= 11 is 0. The highest BCUT2D eigenvalue weighted by atomic mass is 16.4. The maximum Gasteiger partial charge on any atom is 0.303 e. The van der Waals surface area contributed by atoms with E-state index in [0.717, 1.165) is 112 Å². The first-order valence-electron chi connectivity index (χ1n) is 17.5. The van der Waals surface area contributed by atoms with E-state index < -0.39 is 11.9 Å². The SMILES string of the molecule is CCC1=C(C)C(=O)N=C1/C=c1/[nH]/c(=C\c2[nH]c(/C=C3\NC(=O)C(C)=C3CC)c(C)c2CCCCCC(=O)O)c(CCCCCC(=O)O)c1C. The summed E-state index contributed by atoms with van der Waals surface area (Å²) in [4.78, 5) is 58.7. The van der Waals surface area contributed by atoms with Gasteiger partial charge in [-0.15, -0.1) is 0 Å². The highest BCUT2D eigenvalue weighted by Crippen LogP contribution is 2.29. The monoisotopic (exact) mass is 670 g/mol. The van der Waals surface area contributed by atoms with Gasteiger partial charge < -0.3 is 25.5 Å². The first-order valence-corrected chi connectivity index (χ1v) is 17.5. The molecule has 262 valence electrons. The average Bonchev–Trinajstić information content (AvgIpc) is 3.69. The summed E-state index contributed by atoms with van der Waals surface area (Å²) < 4.78 is 0. The fraction of sp³-hybridized carbons (Fsp3) is 0.462. The smallest absolute Gasteiger partial charge is 0.303 e. The molecule has 2 amide bonds. The second-order valence-electron chi connectivity index (χ2n) is 13.0. The number of nitrogens with zero attached hydrogens (tertiary/aromatic N) is 1. The van der Waals surface area contributed by atoms with Crippen molar-refractivity contribution < 1.29 is 29.4 Å². The Morgan fingerprint density at radius 3 is 1.88 bits per heavy atom. The molecule has 2 aromatic heterocycles. The Morgan fingerprint density at radius 1 is 0.673 bits per heavy atom. The topological polar surface area (TPSA) is 165 Å². The number of aromatic amines is 2. The number of aliphatic carboxylic acids is 2. The number of aromatic nitrogens is 2. The zero-order valence-corrected chi connectivity index (χ0v) is 29.7. The fourth-order valence-electron chi connectivity index (χ4n) is 6.83. The van der Waals surface area contributed by atoms with Crippen molar-refractivity contribution in [3.05, 3.63) is 72.3 Å². The number of hydrogen-bond donors (Lipinski definition) is 5. The van der Waals surface area contributed by atoms with Gasteiger partial charge in [-0.3, -0.25) is 19.2 Å².